The fourth-order valence-corrected chi connectivity index (χ4v) is 5.79. The molecule has 0 saturated carbocycles. The molecular formula is C25H33N9O5S. The highest BCUT2D eigenvalue weighted by molar-refractivity contribution is 7.89. The van der Waals surface area contributed by atoms with Crippen LogP contribution in [0.1, 0.15) is 47.9 Å². The van der Waals surface area contributed by atoms with E-state index < -0.39 is 21.8 Å². The molecule has 4 heterocycles. The summed E-state index contributed by atoms with van der Waals surface area (Å²) in [6, 6.07) is 1.24. The lowest BCUT2D eigenvalue weighted by atomic mass is 10.1. The first-order chi connectivity index (χ1) is 19.2. The number of carbonyl (C=O) groups is 2. The molecule has 4 rings (SSSR count). The van der Waals surface area contributed by atoms with Crippen LogP contribution in [0.5, 0.6) is 5.88 Å². The van der Waals surface area contributed by atoms with Crippen LogP contribution < -0.4 is 15.8 Å². The van der Waals surface area contributed by atoms with E-state index in [1.807, 2.05) is 13.8 Å². The maximum atomic E-state index is 13.7. The van der Waals surface area contributed by atoms with Gasteiger partial charge in [0, 0.05) is 45.1 Å². The molecule has 3 N–H and O–H groups in total. The standard InChI is InChI=1S/C25H33N9O5S/c1-4-9-34-23(20(22(26)35)21(31-34)19-16-27-7-8-28-19)30-24(36)18-14-17(15-29-25(18)39-6-3)40(37,38)33-12-10-32(5-2)11-13-33/h7-8,14-16H,4-6,9-13H2,1-3H3,(H2,26,35)(H,30,36). The van der Waals surface area contributed by atoms with Crippen molar-refractivity contribution in [3.63, 3.8) is 0 Å². The maximum Gasteiger partial charge on any atom is 0.262 e. The lowest BCUT2D eigenvalue weighted by Gasteiger charge is -2.33. The van der Waals surface area contributed by atoms with E-state index in [1.54, 1.807) is 6.92 Å². The van der Waals surface area contributed by atoms with Gasteiger partial charge in [-0.15, -0.1) is 0 Å². The first-order valence-electron chi connectivity index (χ1n) is 13.0. The molecule has 3 aromatic rings. The van der Waals surface area contributed by atoms with Crippen molar-refractivity contribution in [3.05, 3.63) is 42.0 Å². The average molecular weight is 572 g/mol. The second-order valence-electron chi connectivity index (χ2n) is 9.00. The first-order valence-corrected chi connectivity index (χ1v) is 14.5. The predicted octanol–water partition coefficient (Wildman–Crippen LogP) is 1.22. The number of ether oxygens (including phenoxy) is 1. The van der Waals surface area contributed by atoms with Gasteiger partial charge < -0.3 is 20.7 Å². The van der Waals surface area contributed by atoms with E-state index in [2.05, 4.69) is 30.3 Å². The number of carbonyl (C=O) groups excluding carboxylic acids is 2. The molecule has 0 spiro atoms. The van der Waals surface area contributed by atoms with E-state index >= 15 is 0 Å². The van der Waals surface area contributed by atoms with Crippen molar-refractivity contribution in [2.75, 3.05) is 44.6 Å². The molecule has 0 radical (unpaired) electrons. The fourth-order valence-electron chi connectivity index (χ4n) is 4.40. The van der Waals surface area contributed by atoms with E-state index in [-0.39, 0.29) is 40.0 Å². The van der Waals surface area contributed by atoms with Crippen molar-refractivity contribution in [1.82, 2.24) is 33.9 Å². The minimum Gasteiger partial charge on any atom is -0.477 e. The highest BCUT2D eigenvalue weighted by Gasteiger charge is 2.31. The van der Waals surface area contributed by atoms with Gasteiger partial charge in [-0.05, 0) is 26.0 Å². The Morgan fingerprint density at radius 2 is 1.82 bits per heavy atom. The number of likely N-dealkylation sites (N-methyl/N-ethyl adjacent to an activating group) is 1. The number of nitrogens with zero attached hydrogens (tertiary/aromatic N) is 7. The zero-order valence-corrected chi connectivity index (χ0v) is 23.5. The van der Waals surface area contributed by atoms with Crippen LogP contribution in [0.25, 0.3) is 11.4 Å². The molecule has 1 aliphatic heterocycles. The molecule has 3 aromatic heterocycles. The number of hydrogen-bond acceptors (Lipinski definition) is 10. The third-order valence-corrected chi connectivity index (χ3v) is 8.30. The number of rotatable bonds is 11. The van der Waals surface area contributed by atoms with Crippen LogP contribution in [0.3, 0.4) is 0 Å². The van der Waals surface area contributed by atoms with Crippen LogP contribution in [0.4, 0.5) is 5.82 Å². The summed E-state index contributed by atoms with van der Waals surface area (Å²) in [6.45, 7) is 8.91. The molecule has 40 heavy (non-hydrogen) atoms. The Morgan fingerprint density at radius 3 is 2.42 bits per heavy atom. The SMILES string of the molecule is CCCn1nc(-c2cnccn2)c(C(N)=O)c1NC(=O)c1cc(S(=O)(=O)N2CCN(CC)CC2)cnc1OCC. The third kappa shape index (κ3) is 5.95. The van der Waals surface area contributed by atoms with Gasteiger partial charge in [-0.3, -0.25) is 19.6 Å². The summed E-state index contributed by atoms with van der Waals surface area (Å²) in [5.74, 6) is -1.57. The van der Waals surface area contributed by atoms with E-state index in [1.165, 1.54) is 39.8 Å². The third-order valence-electron chi connectivity index (χ3n) is 6.44. The molecule has 14 nitrogen and oxygen atoms in total. The van der Waals surface area contributed by atoms with E-state index in [9.17, 15) is 18.0 Å². The Bertz CT molecular complexity index is 1470. The van der Waals surface area contributed by atoms with Gasteiger partial charge in [-0.2, -0.15) is 9.40 Å². The number of primary amides is 1. The lowest BCUT2D eigenvalue weighted by Crippen LogP contribution is -2.48. The van der Waals surface area contributed by atoms with Crippen molar-refractivity contribution >= 4 is 27.7 Å². The first kappa shape index (κ1) is 29.0. The molecule has 0 bridgehead atoms. The maximum absolute atomic E-state index is 13.7. The summed E-state index contributed by atoms with van der Waals surface area (Å²) < 4.78 is 35.2. The molecule has 0 atom stereocenters. The Morgan fingerprint density at radius 1 is 1.07 bits per heavy atom. The second kappa shape index (κ2) is 12.5. The minimum atomic E-state index is -3.92. The Balaban J connectivity index is 1.74. The molecule has 1 aliphatic rings. The molecule has 2 amide bonds. The van der Waals surface area contributed by atoms with Gasteiger partial charge in [0.2, 0.25) is 15.9 Å². The van der Waals surface area contributed by atoms with Gasteiger partial charge in [0.15, 0.2) is 0 Å². The number of anilines is 1. The highest BCUT2D eigenvalue weighted by atomic mass is 32.2. The highest BCUT2D eigenvalue weighted by Crippen LogP contribution is 2.29. The van der Waals surface area contributed by atoms with Crippen LogP contribution in [0.15, 0.2) is 35.7 Å². The van der Waals surface area contributed by atoms with E-state index in [4.69, 9.17) is 10.5 Å². The largest absolute Gasteiger partial charge is 0.477 e. The van der Waals surface area contributed by atoms with Crippen LogP contribution in [-0.4, -0.2) is 93.5 Å². The van der Waals surface area contributed by atoms with Gasteiger partial charge in [0.25, 0.3) is 11.8 Å². The molecule has 1 saturated heterocycles. The number of pyridine rings is 1. The smallest absolute Gasteiger partial charge is 0.262 e. The number of amides is 2. The van der Waals surface area contributed by atoms with Crippen molar-refractivity contribution in [2.24, 2.45) is 5.73 Å². The number of sulfonamides is 1. The molecule has 0 aromatic carbocycles. The molecule has 0 unspecified atom stereocenters. The summed E-state index contributed by atoms with van der Waals surface area (Å²) in [7, 11) is -3.92. The van der Waals surface area contributed by atoms with E-state index in [0.29, 0.717) is 44.8 Å². The molecule has 214 valence electrons. The van der Waals surface area contributed by atoms with Crippen molar-refractivity contribution < 1.29 is 22.7 Å². The minimum absolute atomic E-state index is 0.0476. The fraction of sp³-hybridized carbons (Fsp3) is 0.440. The predicted molar refractivity (Wildman–Crippen MR) is 146 cm³/mol. The molecule has 0 aliphatic carbocycles. The van der Waals surface area contributed by atoms with Crippen LogP contribution in [0, 0.1) is 0 Å². The zero-order chi connectivity index (χ0) is 28.9. The number of piperazine rings is 1. The van der Waals surface area contributed by atoms with Crippen molar-refractivity contribution in [2.45, 2.75) is 38.6 Å². The Hall–Kier alpha value is -3.95. The zero-order valence-electron chi connectivity index (χ0n) is 22.7. The Labute approximate surface area is 232 Å². The van der Waals surface area contributed by atoms with Gasteiger partial charge in [0.05, 0.1) is 19.0 Å². The van der Waals surface area contributed by atoms with Crippen molar-refractivity contribution in [3.8, 4) is 17.3 Å². The summed E-state index contributed by atoms with van der Waals surface area (Å²) in [6.07, 6.45) is 6.18. The second-order valence-corrected chi connectivity index (χ2v) is 10.9. The van der Waals surface area contributed by atoms with Crippen LogP contribution in [-0.2, 0) is 16.6 Å². The average Bonchev–Trinajstić information content (AvgIpc) is 3.32. The Kier molecular flexibility index (Phi) is 9.07. The van der Waals surface area contributed by atoms with Gasteiger partial charge >= 0.3 is 0 Å². The van der Waals surface area contributed by atoms with Crippen molar-refractivity contribution in [1.29, 1.82) is 0 Å². The normalized spacial score (nSPS) is 14.7. The summed E-state index contributed by atoms with van der Waals surface area (Å²) in [5, 5.41) is 7.17. The summed E-state index contributed by atoms with van der Waals surface area (Å²) >= 11 is 0. The molecule has 15 heteroatoms. The molecular weight excluding hydrogens is 538 g/mol. The number of nitrogens with one attached hydrogen (secondary N) is 1. The monoisotopic (exact) mass is 571 g/mol. The van der Waals surface area contributed by atoms with Gasteiger partial charge in [-0.25, -0.2) is 18.1 Å². The van der Waals surface area contributed by atoms with Crippen LogP contribution >= 0.6 is 0 Å². The molecule has 1 fully saturated rings. The summed E-state index contributed by atoms with van der Waals surface area (Å²) in [4.78, 5) is 40.7. The lowest BCUT2D eigenvalue weighted by molar-refractivity contribution is 0.100. The topological polar surface area (TPSA) is 179 Å². The quantitative estimate of drug-likeness (QED) is 0.340. The number of nitrogens with two attached hydrogens (primary N) is 1. The van der Waals surface area contributed by atoms with Gasteiger partial charge in [0.1, 0.15) is 33.2 Å². The number of hydrogen-bond donors (Lipinski definition) is 2. The van der Waals surface area contributed by atoms with Gasteiger partial charge in [-0.1, -0.05) is 13.8 Å². The number of aryl methyl sites for hydroxylation is 1. The number of aromatic nitrogens is 5. The van der Waals surface area contributed by atoms with Crippen LogP contribution in [0.2, 0.25) is 0 Å². The summed E-state index contributed by atoms with van der Waals surface area (Å²) in [5.41, 5.74) is 6.02. The van der Waals surface area contributed by atoms with E-state index in [0.717, 1.165) is 6.54 Å².